The molecule has 7 nitrogen and oxygen atoms in total. The molecule has 10 heteroatoms. The van der Waals surface area contributed by atoms with Gasteiger partial charge in [-0.2, -0.15) is 18.3 Å². The van der Waals surface area contributed by atoms with E-state index in [-0.39, 0.29) is 11.4 Å². The second kappa shape index (κ2) is 7.47. The summed E-state index contributed by atoms with van der Waals surface area (Å²) in [4.78, 5) is 20.7. The van der Waals surface area contributed by atoms with Crippen LogP contribution in [0.15, 0.2) is 67.5 Å². The molecular formula is C20H15F3N6O. The van der Waals surface area contributed by atoms with Gasteiger partial charge in [-0.3, -0.25) is 9.36 Å². The summed E-state index contributed by atoms with van der Waals surface area (Å²) in [7, 11) is 0. The van der Waals surface area contributed by atoms with Gasteiger partial charge in [0.1, 0.15) is 12.1 Å². The lowest BCUT2D eigenvalue weighted by Gasteiger charge is -2.13. The van der Waals surface area contributed by atoms with Crippen molar-refractivity contribution in [3.8, 4) is 11.5 Å². The molecule has 3 aromatic heterocycles. The number of pyridine rings is 1. The normalized spacial score (nSPS) is 11.5. The van der Waals surface area contributed by atoms with E-state index in [1.807, 2.05) is 6.92 Å². The first-order valence-electron chi connectivity index (χ1n) is 8.81. The van der Waals surface area contributed by atoms with Gasteiger partial charge in [0.15, 0.2) is 5.69 Å². The Labute approximate surface area is 168 Å². The topological polar surface area (TPSA) is 77.6 Å². The molecule has 0 aliphatic carbocycles. The predicted molar refractivity (Wildman–Crippen MR) is 103 cm³/mol. The number of nitrogens with zero attached hydrogens (tertiary/aromatic N) is 5. The molecule has 3 heterocycles. The van der Waals surface area contributed by atoms with Crippen molar-refractivity contribution in [3.05, 3.63) is 84.3 Å². The number of amides is 1. The molecule has 0 fully saturated rings. The minimum absolute atomic E-state index is 0.207. The van der Waals surface area contributed by atoms with E-state index in [1.165, 1.54) is 24.4 Å². The van der Waals surface area contributed by atoms with Gasteiger partial charge in [-0.1, -0.05) is 17.7 Å². The molecular weight excluding hydrogens is 397 g/mol. The number of aromatic nitrogens is 5. The van der Waals surface area contributed by atoms with Crippen LogP contribution < -0.4 is 5.32 Å². The van der Waals surface area contributed by atoms with E-state index >= 15 is 0 Å². The average molecular weight is 412 g/mol. The maximum absolute atomic E-state index is 13.8. The molecule has 4 aromatic rings. The lowest BCUT2D eigenvalue weighted by atomic mass is 10.2. The highest BCUT2D eigenvalue weighted by Gasteiger charge is 2.40. The third-order valence-corrected chi connectivity index (χ3v) is 4.34. The van der Waals surface area contributed by atoms with Gasteiger partial charge in [0.05, 0.1) is 29.3 Å². The number of carbonyl (C=O) groups excluding carboxylic acids is 1. The van der Waals surface area contributed by atoms with E-state index in [2.05, 4.69) is 20.4 Å². The van der Waals surface area contributed by atoms with Crippen molar-refractivity contribution in [2.75, 3.05) is 5.32 Å². The smallest absolute Gasteiger partial charge is 0.320 e. The molecule has 0 unspecified atom stereocenters. The van der Waals surface area contributed by atoms with Crippen molar-refractivity contribution in [2.45, 2.75) is 13.1 Å². The Morgan fingerprint density at radius 2 is 1.83 bits per heavy atom. The van der Waals surface area contributed by atoms with Crippen LogP contribution in [0.3, 0.4) is 0 Å². The fourth-order valence-electron chi connectivity index (χ4n) is 2.87. The first-order chi connectivity index (χ1) is 14.3. The highest BCUT2D eigenvalue weighted by atomic mass is 19.4. The lowest BCUT2D eigenvalue weighted by Crippen LogP contribution is -2.20. The van der Waals surface area contributed by atoms with Gasteiger partial charge in [-0.25, -0.2) is 14.6 Å². The van der Waals surface area contributed by atoms with E-state index < -0.39 is 23.3 Å². The Morgan fingerprint density at radius 1 is 1.07 bits per heavy atom. The van der Waals surface area contributed by atoms with Gasteiger partial charge in [-0.15, -0.1) is 0 Å². The molecule has 0 saturated heterocycles. The molecule has 4 rings (SSSR count). The lowest BCUT2D eigenvalue weighted by molar-refractivity contribution is -0.143. The van der Waals surface area contributed by atoms with E-state index in [0.29, 0.717) is 5.82 Å². The summed E-state index contributed by atoms with van der Waals surface area (Å²) < 4.78 is 43.6. The molecule has 0 spiro atoms. The van der Waals surface area contributed by atoms with Crippen molar-refractivity contribution in [1.82, 2.24) is 24.3 Å². The number of hydrogen-bond donors (Lipinski definition) is 1. The predicted octanol–water partition coefficient (Wildman–Crippen LogP) is 4.03. The van der Waals surface area contributed by atoms with E-state index in [9.17, 15) is 18.0 Å². The van der Waals surface area contributed by atoms with Crippen LogP contribution in [0.2, 0.25) is 0 Å². The summed E-state index contributed by atoms with van der Waals surface area (Å²) in [6.07, 6.45) is 2.31. The minimum Gasteiger partial charge on any atom is -0.320 e. The van der Waals surface area contributed by atoms with Gasteiger partial charge in [0, 0.05) is 12.4 Å². The van der Waals surface area contributed by atoms with E-state index in [1.54, 1.807) is 41.5 Å². The third kappa shape index (κ3) is 3.79. The molecule has 1 aromatic carbocycles. The standard InChI is InChI=1S/C20H15F3N6O/c1-13-2-5-15(6-3-13)29-18(20(21,22)23)16(11-26-29)19(30)27-14-4-7-17(25-10-14)28-9-8-24-12-28/h2-12H,1H3,(H,27,30). The third-order valence-electron chi connectivity index (χ3n) is 4.34. The highest BCUT2D eigenvalue weighted by molar-refractivity contribution is 6.05. The Hall–Kier alpha value is -3.95. The minimum atomic E-state index is -4.78. The van der Waals surface area contributed by atoms with Gasteiger partial charge < -0.3 is 5.32 Å². The average Bonchev–Trinajstić information content (AvgIpc) is 3.39. The van der Waals surface area contributed by atoms with Crippen LogP contribution >= 0.6 is 0 Å². The van der Waals surface area contributed by atoms with Crippen LogP contribution in [0.4, 0.5) is 18.9 Å². The number of rotatable bonds is 4. The molecule has 1 amide bonds. The Bertz CT molecular complexity index is 1160. The molecule has 30 heavy (non-hydrogen) atoms. The molecule has 0 bridgehead atoms. The van der Waals surface area contributed by atoms with Gasteiger partial charge in [0.25, 0.3) is 5.91 Å². The summed E-state index contributed by atoms with van der Waals surface area (Å²) in [6, 6.07) is 9.51. The first kappa shape index (κ1) is 19.4. The number of halogens is 3. The Balaban J connectivity index is 1.63. The number of benzene rings is 1. The quantitative estimate of drug-likeness (QED) is 0.549. The molecule has 0 aliphatic heterocycles. The van der Waals surface area contributed by atoms with E-state index in [4.69, 9.17) is 0 Å². The van der Waals surface area contributed by atoms with E-state index in [0.717, 1.165) is 16.4 Å². The SMILES string of the molecule is Cc1ccc(-n2ncc(C(=O)Nc3ccc(-n4ccnc4)nc3)c2C(F)(F)F)cc1. The maximum atomic E-state index is 13.8. The highest BCUT2D eigenvalue weighted by Crippen LogP contribution is 2.34. The van der Waals surface area contributed by atoms with Crippen LogP contribution in [0.1, 0.15) is 21.6 Å². The van der Waals surface area contributed by atoms with Crippen molar-refractivity contribution < 1.29 is 18.0 Å². The molecule has 0 atom stereocenters. The zero-order chi connectivity index (χ0) is 21.3. The number of imidazole rings is 1. The van der Waals surface area contributed by atoms with Crippen LogP contribution in [0.5, 0.6) is 0 Å². The van der Waals surface area contributed by atoms with Crippen LogP contribution in [-0.4, -0.2) is 30.2 Å². The maximum Gasteiger partial charge on any atom is 0.434 e. The molecule has 0 radical (unpaired) electrons. The van der Waals surface area contributed by atoms with Gasteiger partial charge in [-0.05, 0) is 31.2 Å². The first-order valence-corrected chi connectivity index (χ1v) is 8.81. The Kier molecular flexibility index (Phi) is 4.82. The summed E-state index contributed by atoms with van der Waals surface area (Å²) in [6.45, 7) is 1.82. The molecule has 152 valence electrons. The van der Waals surface area contributed by atoms with Crippen LogP contribution in [0, 0.1) is 6.92 Å². The number of aryl methyl sites for hydroxylation is 1. The second-order valence-corrected chi connectivity index (χ2v) is 6.48. The summed E-state index contributed by atoms with van der Waals surface area (Å²) >= 11 is 0. The number of alkyl halides is 3. The van der Waals surface area contributed by atoms with Crippen molar-refractivity contribution in [3.63, 3.8) is 0 Å². The summed E-state index contributed by atoms with van der Waals surface area (Å²) in [5, 5.41) is 6.24. The van der Waals surface area contributed by atoms with Crippen LogP contribution in [-0.2, 0) is 6.18 Å². The van der Waals surface area contributed by atoms with Crippen molar-refractivity contribution in [1.29, 1.82) is 0 Å². The second-order valence-electron chi connectivity index (χ2n) is 6.48. The van der Waals surface area contributed by atoms with Gasteiger partial charge >= 0.3 is 6.18 Å². The fraction of sp³-hybridized carbons (Fsp3) is 0.100. The number of carbonyl (C=O) groups is 1. The zero-order valence-electron chi connectivity index (χ0n) is 15.6. The van der Waals surface area contributed by atoms with Crippen molar-refractivity contribution in [2.24, 2.45) is 0 Å². The molecule has 0 saturated carbocycles. The van der Waals surface area contributed by atoms with Crippen molar-refractivity contribution >= 4 is 11.6 Å². The fourth-order valence-corrected chi connectivity index (χ4v) is 2.87. The number of nitrogens with one attached hydrogen (secondary N) is 1. The van der Waals surface area contributed by atoms with Gasteiger partial charge in [0.2, 0.25) is 0 Å². The summed E-state index contributed by atoms with van der Waals surface area (Å²) in [5.41, 5.74) is -0.379. The molecule has 1 N–H and O–H groups in total. The zero-order valence-corrected chi connectivity index (χ0v) is 15.6. The largest absolute Gasteiger partial charge is 0.434 e. The number of anilines is 1. The monoisotopic (exact) mass is 412 g/mol. The Morgan fingerprint density at radius 3 is 2.43 bits per heavy atom. The van der Waals surface area contributed by atoms with Crippen LogP contribution in [0.25, 0.3) is 11.5 Å². The molecule has 0 aliphatic rings. The summed E-state index contributed by atoms with van der Waals surface area (Å²) in [5.74, 6) is -0.383. The number of hydrogen-bond acceptors (Lipinski definition) is 4.